The smallest absolute Gasteiger partial charge is 0.138 e. The van der Waals surface area contributed by atoms with Crippen molar-refractivity contribution in [2.24, 2.45) is 0 Å². The Balaban J connectivity index is 1.40. The summed E-state index contributed by atoms with van der Waals surface area (Å²) < 4.78 is 0. The number of hydrogen-bond donors (Lipinski definition) is 2. The van der Waals surface area contributed by atoms with Crippen molar-refractivity contribution in [3.8, 4) is 0 Å². The van der Waals surface area contributed by atoms with Crippen molar-refractivity contribution in [2.45, 2.75) is 6.92 Å². The van der Waals surface area contributed by atoms with E-state index in [1.807, 2.05) is 85.8 Å². The van der Waals surface area contributed by atoms with Crippen LogP contribution < -0.4 is 14.7 Å². The molecule has 5 heteroatoms. The van der Waals surface area contributed by atoms with Crippen LogP contribution in [0.5, 0.6) is 0 Å². The number of allylic oxidation sites excluding steroid dienone is 3. The van der Waals surface area contributed by atoms with Crippen molar-refractivity contribution in [1.29, 1.82) is 10.8 Å². The quantitative estimate of drug-likeness (QED) is 0.114. The SMILES string of the molecule is C=C/C(=C\C=C/C)C(=N)N(C(=N)c1ccc(N2c3ccccc3N(c3ccccc3)c3ccccc32)cc1)c1ccccc1. The van der Waals surface area contributed by atoms with Gasteiger partial charge in [-0.25, -0.2) is 0 Å². The molecule has 0 saturated heterocycles. The van der Waals surface area contributed by atoms with Crippen LogP contribution in [-0.2, 0) is 0 Å². The molecule has 0 bridgehead atoms. The van der Waals surface area contributed by atoms with Crippen LogP contribution in [0, 0.1) is 10.8 Å². The van der Waals surface area contributed by atoms with Crippen LogP contribution in [0.15, 0.2) is 170 Å². The Labute approximate surface area is 259 Å². The summed E-state index contributed by atoms with van der Waals surface area (Å²) >= 11 is 0. The highest BCUT2D eigenvalue weighted by atomic mass is 15.3. The molecule has 44 heavy (non-hydrogen) atoms. The number of amidine groups is 2. The van der Waals surface area contributed by atoms with E-state index in [4.69, 9.17) is 5.41 Å². The molecule has 2 N–H and O–H groups in total. The van der Waals surface area contributed by atoms with E-state index in [1.165, 1.54) is 0 Å². The third kappa shape index (κ3) is 5.23. The molecule has 5 nitrogen and oxygen atoms in total. The molecule has 0 atom stereocenters. The maximum absolute atomic E-state index is 9.26. The van der Waals surface area contributed by atoms with Crippen LogP contribution >= 0.6 is 0 Å². The third-order valence-electron chi connectivity index (χ3n) is 7.56. The van der Waals surface area contributed by atoms with Crippen LogP contribution in [0.1, 0.15) is 12.5 Å². The predicted molar refractivity (Wildman–Crippen MR) is 186 cm³/mol. The van der Waals surface area contributed by atoms with Crippen molar-refractivity contribution >= 4 is 51.5 Å². The Morgan fingerprint density at radius 1 is 0.614 bits per heavy atom. The number of para-hydroxylation sites is 6. The van der Waals surface area contributed by atoms with E-state index in [1.54, 1.807) is 11.0 Å². The van der Waals surface area contributed by atoms with Gasteiger partial charge in [-0.3, -0.25) is 15.7 Å². The van der Waals surface area contributed by atoms with Gasteiger partial charge in [-0.15, -0.1) is 0 Å². The first-order valence-electron chi connectivity index (χ1n) is 14.5. The fourth-order valence-corrected chi connectivity index (χ4v) is 5.49. The zero-order valence-corrected chi connectivity index (χ0v) is 24.6. The minimum absolute atomic E-state index is 0.179. The average molecular weight is 572 g/mol. The van der Waals surface area contributed by atoms with Crippen LogP contribution in [0.3, 0.4) is 0 Å². The second-order valence-electron chi connectivity index (χ2n) is 10.3. The maximum Gasteiger partial charge on any atom is 0.138 e. The van der Waals surface area contributed by atoms with E-state index >= 15 is 0 Å². The molecule has 0 aromatic heterocycles. The Morgan fingerprint density at radius 2 is 1.07 bits per heavy atom. The van der Waals surface area contributed by atoms with Gasteiger partial charge in [0.2, 0.25) is 0 Å². The van der Waals surface area contributed by atoms with E-state index in [2.05, 4.69) is 89.2 Å². The van der Waals surface area contributed by atoms with E-state index in [9.17, 15) is 5.41 Å². The van der Waals surface area contributed by atoms with Gasteiger partial charge in [0, 0.05) is 28.2 Å². The number of benzene rings is 5. The molecule has 0 unspecified atom stereocenters. The van der Waals surface area contributed by atoms with E-state index in [0.29, 0.717) is 11.1 Å². The van der Waals surface area contributed by atoms with Gasteiger partial charge in [0.1, 0.15) is 11.7 Å². The summed E-state index contributed by atoms with van der Waals surface area (Å²) in [5, 5.41) is 18.3. The highest BCUT2D eigenvalue weighted by Gasteiger charge is 2.30. The largest absolute Gasteiger partial charge is 0.306 e. The summed E-state index contributed by atoms with van der Waals surface area (Å²) in [7, 11) is 0. The number of anilines is 7. The molecule has 0 saturated carbocycles. The summed E-state index contributed by atoms with van der Waals surface area (Å²) in [6.07, 6.45) is 7.27. The summed E-state index contributed by atoms with van der Waals surface area (Å²) in [4.78, 5) is 6.21. The molecular weight excluding hydrogens is 538 g/mol. The Hall–Kier alpha value is -5.94. The van der Waals surface area contributed by atoms with Crippen molar-refractivity contribution in [3.05, 3.63) is 175 Å². The van der Waals surface area contributed by atoms with Gasteiger partial charge in [0.25, 0.3) is 0 Å². The molecule has 1 aliphatic rings. The van der Waals surface area contributed by atoms with E-state index in [-0.39, 0.29) is 11.7 Å². The molecule has 1 aliphatic heterocycles. The molecule has 214 valence electrons. The van der Waals surface area contributed by atoms with E-state index < -0.39 is 0 Å². The van der Waals surface area contributed by atoms with Gasteiger partial charge < -0.3 is 9.80 Å². The fourth-order valence-electron chi connectivity index (χ4n) is 5.49. The number of rotatable bonds is 7. The molecule has 5 aromatic carbocycles. The van der Waals surface area contributed by atoms with E-state index in [0.717, 1.165) is 39.8 Å². The molecular formula is C39H33N5. The lowest BCUT2D eigenvalue weighted by molar-refractivity contribution is 1.17. The van der Waals surface area contributed by atoms with Gasteiger partial charge in [0.15, 0.2) is 0 Å². The topological polar surface area (TPSA) is 57.4 Å². The Bertz CT molecular complexity index is 1820. The highest BCUT2D eigenvalue weighted by Crippen LogP contribution is 2.53. The lowest BCUT2D eigenvalue weighted by Gasteiger charge is -2.40. The molecule has 0 aliphatic carbocycles. The first kappa shape index (κ1) is 28.2. The number of nitrogens with zero attached hydrogens (tertiary/aromatic N) is 3. The number of nitrogens with one attached hydrogen (secondary N) is 2. The number of fused-ring (bicyclic) bond motifs is 2. The fraction of sp³-hybridized carbons (Fsp3) is 0.0256. The minimum atomic E-state index is 0.179. The van der Waals surface area contributed by atoms with Crippen molar-refractivity contribution in [1.82, 2.24) is 0 Å². The van der Waals surface area contributed by atoms with Gasteiger partial charge in [-0.05, 0) is 79.7 Å². The molecule has 6 rings (SSSR count). The van der Waals surface area contributed by atoms with Crippen LogP contribution in [0.25, 0.3) is 0 Å². The Kier molecular flexibility index (Phi) is 8.02. The molecule has 5 aromatic rings. The Morgan fingerprint density at radius 3 is 1.55 bits per heavy atom. The second-order valence-corrected chi connectivity index (χ2v) is 10.3. The predicted octanol–water partition coefficient (Wildman–Crippen LogP) is 10.4. The summed E-state index contributed by atoms with van der Waals surface area (Å²) in [5.41, 5.74) is 8.44. The molecule has 0 amide bonds. The summed E-state index contributed by atoms with van der Waals surface area (Å²) in [5.74, 6) is 0.383. The molecule has 0 radical (unpaired) electrons. The summed E-state index contributed by atoms with van der Waals surface area (Å²) in [6.45, 7) is 5.85. The van der Waals surface area contributed by atoms with Gasteiger partial charge in [0.05, 0.1) is 22.7 Å². The standard InChI is InChI=1S/C39H33N5/c1-3-5-16-29(4-2)38(40)44(32-19-10-7-11-20-32)39(41)30-25-27-33(28-26-30)43-36-23-14-12-21-34(36)42(31-17-8-6-9-18-31)35-22-13-15-24-37(35)43/h3-28,40-41H,2H2,1H3/b5-3-,29-16+,40-38?,41-39?. The zero-order chi connectivity index (χ0) is 30.5. The molecule has 1 heterocycles. The normalized spacial score (nSPS) is 12.4. The molecule has 0 fully saturated rings. The lowest BCUT2D eigenvalue weighted by atomic mass is 10.0. The van der Waals surface area contributed by atoms with Gasteiger partial charge in [-0.1, -0.05) is 91.5 Å². The first-order chi connectivity index (χ1) is 21.6. The van der Waals surface area contributed by atoms with Gasteiger partial charge in [-0.2, -0.15) is 0 Å². The third-order valence-corrected chi connectivity index (χ3v) is 7.56. The van der Waals surface area contributed by atoms with Crippen molar-refractivity contribution in [2.75, 3.05) is 14.7 Å². The average Bonchev–Trinajstić information content (AvgIpc) is 3.08. The van der Waals surface area contributed by atoms with Crippen molar-refractivity contribution < 1.29 is 0 Å². The lowest BCUT2D eigenvalue weighted by Crippen LogP contribution is -2.37. The minimum Gasteiger partial charge on any atom is -0.306 e. The highest BCUT2D eigenvalue weighted by molar-refractivity contribution is 6.28. The molecule has 0 spiro atoms. The van der Waals surface area contributed by atoms with Crippen LogP contribution in [0.2, 0.25) is 0 Å². The first-order valence-corrected chi connectivity index (χ1v) is 14.5. The monoisotopic (exact) mass is 571 g/mol. The van der Waals surface area contributed by atoms with Gasteiger partial charge >= 0.3 is 0 Å². The zero-order valence-electron chi connectivity index (χ0n) is 24.6. The maximum atomic E-state index is 9.26. The van der Waals surface area contributed by atoms with Crippen LogP contribution in [0.4, 0.5) is 39.8 Å². The second kappa shape index (κ2) is 12.5. The summed E-state index contributed by atoms with van der Waals surface area (Å²) in [6, 6.07) is 44.9. The number of hydrogen-bond acceptors (Lipinski definition) is 4. The van der Waals surface area contributed by atoms with Crippen molar-refractivity contribution in [3.63, 3.8) is 0 Å². The van der Waals surface area contributed by atoms with Crippen LogP contribution in [-0.4, -0.2) is 11.7 Å².